The zero-order chi connectivity index (χ0) is 23.1. The van der Waals surface area contributed by atoms with Gasteiger partial charge in [-0.2, -0.15) is 0 Å². The maximum Gasteiger partial charge on any atom is 0.338 e. The van der Waals surface area contributed by atoms with E-state index in [-0.39, 0.29) is 12.2 Å². The summed E-state index contributed by atoms with van der Waals surface area (Å²) in [5, 5.41) is 1.04. The average molecular weight is 522 g/mol. The minimum absolute atomic E-state index is 0.189. The number of nitrogens with one attached hydrogen (secondary N) is 1. The fourth-order valence-electron chi connectivity index (χ4n) is 4.11. The van der Waals surface area contributed by atoms with E-state index in [1.54, 1.807) is 18.4 Å². The fourth-order valence-corrected chi connectivity index (χ4v) is 5.41. The molecule has 1 aliphatic heterocycles. The van der Waals surface area contributed by atoms with E-state index in [1.807, 2.05) is 60.8 Å². The number of nitrogens with zero attached hydrogens (tertiary/aromatic N) is 2. The van der Waals surface area contributed by atoms with Gasteiger partial charge < -0.3 is 9.72 Å². The van der Waals surface area contributed by atoms with Gasteiger partial charge in [-0.05, 0) is 43.7 Å². The van der Waals surface area contributed by atoms with Crippen molar-refractivity contribution in [1.82, 2.24) is 9.55 Å². The summed E-state index contributed by atoms with van der Waals surface area (Å²) in [6.07, 6.45) is 3.77. The Labute approximate surface area is 201 Å². The van der Waals surface area contributed by atoms with Crippen molar-refractivity contribution in [3.05, 3.63) is 101 Å². The second-order valence-corrected chi connectivity index (χ2v) is 9.57. The van der Waals surface area contributed by atoms with Crippen LogP contribution < -0.4 is 14.9 Å². The lowest BCUT2D eigenvalue weighted by Crippen LogP contribution is -2.39. The lowest BCUT2D eigenvalue weighted by Gasteiger charge is -2.24. The maximum absolute atomic E-state index is 13.6. The molecule has 33 heavy (non-hydrogen) atoms. The molecule has 6 nitrogen and oxygen atoms in total. The molecule has 1 atom stereocenters. The molecular formula is C25H20BrN3O3S. The van der Waals surface area contributed by atoms with Crippen LogP contribution in [0.25, 0.3) is 17.0 Å². The molecule has 1 N–H and O–H groups in total. The number of aromatic nitrogens is 2. The topological polar surface area (TPSA) is 76.4 Å². The number of esters is 1. The van der Waals surface area contributed by atoms with Crippen LogP contribution in [0.1, 0.15) is 31.0 Å². The molecule has 0 radical (unpaired) electrons. The number of benzene rings is 2. The molecule has 4 aromatic rings. The number of rotatable bonds is 4. The van der Waals surface area contributed by atoms with Crippen LogP contribution in [0.2, 0.25) is 0 Å². The van der Waals surface area contributed by atoms with E-state index in [0.29, 0.717) is 20.6 Å². The van der Waals surface area contributed by atoms with Crippen LogP contribution >= 0.6 is 27.3 Å². The number of halogens is 1. The standard InChI is InChI=1S/C25H20BrN3O3S/c1-3-32-24(31)21-14(2)28-25-29(22(21)15-8-10-17(26)11-9-15)23(30)20(33-25)12-16-13-27-19-7-5-4-6-18(16)19/h4-13,22,27H,3H2,1-2H3/b20-12+/t22-/m1/s1. The van der Waals surface area contributed by atoms with E-state index in [4.69, 9.17) is 4.74 Å². The Kier molecular flexibility index (Phi) is 5.64. The molecule has 2 aromatic carbocycles. The number of carbonyl (C=O) groups excluding carboxylic acids is 1. The third kappa shape index (κ3) is 3.79. The number of fused-ring (bicyclic) bond motifs is 2. The van der Waals surface area contributed by atoms with Crippen LogP contribution in [0.15, 0.2) is 80.3 Å². The Morgan fingerprint density at radius 3 is 2.76 bits per heavy atom. The minimum atomic E-state index is -0.612. The van der Waals surface area contributed by atoms with E-state index >= 15 is 0 Å². The predicted molar refractivity (Wildman–Crippen MR) is 133 cm³/mol. The summed E-state index contributed by atoms with van der Waals surface area (Å²) < 4.78 is 8.40. The third-order valence-electron chi connectivity index (χ3n) is 5.61. The lowest BCUT2D eigenvalue weighted by atomic mass is 9.96. The Balaban J connectivity index is 1.74. The molecular weight excluding hydrogens is 502 g/mol. The summed E-state index contributed by atoms with van der Waals surface area (Å²) in [7, 11) is 0. The summed E-state index contributed by atoms with van der Waals surface area (Å²) in [5.74, 6) is -0.461. The first-order valence-electron chi connectivity index (χ1n) is 10.5. The number of carbonyl (C=O) groups is 1. The van der Waals surface area contributed by atoms with Gasteiger partial charge >= 0.3 is 5.97 Å². The van der Waals surface area contributed by atoms with Crippen molar-refractivity contribution in [2.75, 3.05) is 6.61 Å². The van der Waals surface area contributed by atoms with Gasteiger partial charge in [-0.15, -0.1) is 0 Å². The molecule has 2 aromatic heterocycles. The van der Waals surface area contributed by atoms with Gasteiger partial charge in [-0.25, -0.2) is 9.79 Å². The maximum atomic E-state index is 13.6. The highest BCUT2D eigenvalue weighted by Gasteiger charge is 2.33. The SMILES string of the molecule is CCOC(=O)C1=C(C)N=c2s/c(=C/c3c[nH]c4ccccc34)c(=O)n2[C@@H]1c1ccc(Br)cc1. The van der Waals surface area contributed by atoms with E-state index in [9.17, 15) is 9.59 Å². The van der Waals surface area contributed by atoms with Gasteiger partial charge in [0.05, 0.1) is 28.5 Å². The molecule has 0 bridgehead atoms. The molecule has 5 rings (SSSR count). The Morgan fingerprint density at radius 2 is 2.00 bits per heavy atom. The van der Waals surface area contributed by atoms with Gasteiger partial charge in [0, 0.05) is 27.1 Å². The fraction of sp³-hybridized carbons (Fsp3) is 0.160. The highest BCUT2D eigenvalue weighted by atomic mass is 79.9. The summed E-state index contributed by atoms with van der Waals surface area (Å²) >= 11 is 4.78. The van der Waals surface area contributed by atoms with Crippen LogP contribution in [0, 0.1) is 0 Å². The largest absolute Gasteiger partial charge is 0.463 e. The van der Waals surface area contributed by atoms with Crippen molar-refractivity contribution in [3.8, 4) is 0 Å². The van der Waals surface area contributed by atoms with E-state index in [2.05, 4.69) is 25.9 Å². The lowest BCUT2D eigenvalue weighted by molar-refractivity contribution is -0.139. The first-order chi connectivity index (χ1) is 16.0. The number of hydrogen-bond acceptors (Lipinski definition) is 5. The molecule has 3 heterocycles. The van der Waals surface area contributed by atoms with Gasteiger partial charge in [0.1, 0.15) is 0 Å². The number of thiazole rings is 1. The van der Waals surface area contributed by atoms with Crippen molar-refractivity contribution in [2.45, 2.75) is 19.9 Å². The van der Waals surface area contributed by atoms with Crippen LogP contribution in [0.3, 0.4) is 0 Å². The molecule has 0 amide bonds. The number of allylic oxidation sites excluding steroid dienone is 1. The zero-order valence-electron chi connectivity index (χ0n) is 18.0. The zero-order valence-corrected chi connectivity index (χ0v) is 20.4. The Morgan fingerprint density at radius 1 is 1.24 bits per heavy atom. The monoisotopic (exact) mass is 521 g/mol. The highest BCUT2D eigenvalue weighted by Crippen LogP contribution is 2.31. The smallest absolute Gasteiger partial charge is 0.338 e. The molecule has 0 fully saturated rings. The molecule has 0 saturated carbocycles. The van der Waals surface area contributed by atoms with Crippen molar-refractivity contribution in [2.24, 2.45) is 4.99 Å². The second-order valence-electron chi connectivity index (χ2n) is 7.64. The summed E-state index contributed by atoms with van der Waals surface area (Å²) in [6, 6.07) is 14.9. The van der Waals surface area contributed by atoms with Gasteiger partial charge in [-0.1, -0.05) is 57.6 Å². The number of ether oxygens (including phenoxy) is 1. The van der Waals surface area contributed by atoms with Crippen molar-refractivity contribution in [1.29, 1.82) is 0 Å². The Bertz CT molecular complexity index is 1590. The molecule has 8 heteroatoms. The molecule has 1 aliphatic rings. The van der Waals surface area contributed by atoms with Crippen LogP contribution in [-0.2, 0) is 9.53 Å². The number of para-hydroxylation sites is 1. The summed E-state index contributed by atoms with van der Waals surface area (Å²) in [6.45, 7) is 3.79. The summed E-state index contributed by atoms with van der Waals surface area (Å²) in [5.41, 5.74) is 3.50. The first kappa shape index (κ1) is 21.6. The van der Waals surface area contributed by atoms with Crippen LogP contribution in [0.5, 0.6) is 0 Å². The molecule has 0 aliphatic carbocycles. The van der Waals surface area contributed by atoms with E-state index in [0.717, 1.165) is 26.5 Å². The highest BCUT2D eigenvalue weighted by molar-refractivity contribution is 9.10. The first-order valence-corrected chi connectivity index (χ1v) is 12.1. The van der Waals surface area contributed by atoms with Gasteiger partial charge in [0.15, 0.2) is 4.80 Å². The third-order valence-corrected chi connectivity index (χ3v) is 7.12. The number of H-pyrrole nitrogens is 1. The predicted octanol–water partition coefficient (Wildman–Crippen LogP) is 4.04. The van der Waals surface area contributed by atoms with Gasteiger partial charge in [0.25, 0.3) is 5.56 Å². The molecule has 0 saturated heterocycles. The van der Waals surface area contributed by atoms with Crippen LogP contribution in [-0.4, -0.2) is 22.1 Å². The minimum Gasteiger partial charge on any atom is -0.463 e. The van der Waals surface area contributed by atoms with E-state index < -0.39 is 12.0 Å². The second kappa shape index (κ2) is 8.61. The van der Waals surface area contributed by atoms with Gasteiger partial charge in [-0.3, -0.25) is 9.36 Å². The van der Waals surface area contributed by atoms with Crippen molar-refractivity contribution in [3.63, 3.8) is 0 Å². The van der Waals surface area contributed by atoms with E-state index in [1.165, 1.54) is 11.3 Å². The normalized spacial score (nSPS) is 16.1. The van der Waals surface area contributed by atoms with Crippen molar-refractivity contribution < 1.29 is 9.53 Å². The molecule has 0 spiro atoms. The molecule has 0 unspecified atom stereocenters. The Hall–Kier alpha value is -3.23. The number of aromatic amines is 1. The van der Waals surface area contributed by atoms with Gasteiger partial charge in [0.2, 0.25) is 0 Å². The quantitative estimate of drug-likeness (QED) is 0.411. The summed E-state index contributed by atoms with van der Waals surface area (Å²) in [4.78, 5) is 35.0. The van der Waals surface area contributed by atoms with Crippen LogP contribution in [0.4, 0.5) is 0 Å². The average Bonchev–Trinajstić information content (AvgIpc) is 3.35. The molecule has 166 valence electrons. The van der Waals surface area contributed by atoms with Crippen molar-refractivity contribution >= 4 is 50.2 Å². The number of hydrogen-bond donors (Lipinski definition) is 1.